The summed E-state index contributed by atoms with van der Waals surface area (Å²) < 4.78 is 11.4. The number of nitrogens with one attached hydrogen (secondary N) is 2. The van der Waals surface area contributed by atoms with E-state index in [4.69, 9.17) is 9.47 Å². The molecule has 0 bridgehead atoms. The summed E-state index contributed by atoms with van der Waals surface area (Å²) in [5.41, 5.74) is 1.09. The quantitative estimate of drug-likeness (QED) is 0.204. The molecule has 0 radical (unpaired) electrons. The Balaban J connectivity index is 2.22. The van der Waals surface area contributed by atoms with E-state index in [0.717, 1.165) is 24.3 Å². The maximum absolute atomic E-state index is 13.7. The molecular formula is C34H52N2O4. The fraction of sp³-hybridized carbons (Fsp3) is 0.588. The topological polar surface area (TPSA) is 76.7 Å². The lowest BCUT2D eigenvalue weighted by Crippen LogP contribution is -2.42. The highest BCUT2D eigenvalue weighted by molar-refractivity contribution is 5.99. The smallest absolute Gasteiger partial charge is 0.167 e. The van der Waals surface area contributed by atoms with Crippen molar-refractivity contribution in [2.75, 3.05) is 26.3 Å². The molecular weight excluding hydrogens is 500 g/mol. The van der Waals surface area contributed by atoms with Crippen LogP contribution in [0.2, 0.25) is 0 Å². The van der Waals surface area contributed by atoms with Crippen LogP contribution in [0.15, 0.2) is 48.5 Å². The van der Waals surface area contributed by atoms with Gasteiger partial charge in [0.05, 0.1) is 13.2 Å². The molecule has 2 atom stereocenters. The zero-order valence-electron chi connectivity index (χ0n) is 26.1. The number of ether oxygens (including phenoxy) is 2. The first-order valence-electron chi connectivity index (χ1n) is 14.9. The SMILES string of the molecule is CCCOc1ccc(C(=O)[C@@H](CC[C@@H](CNC(C)(C)C)C(=O)c2ccc(OCCC)cc2)CNC(C)(C)C)cc1. The molecule has 0 saturated heterocycles. The van der Waals surface area contributed by atoms with Crippen molar-refractivity contribution in [3.05, 3.63) is 59.7 Å². The minimum Gasteiger partial charge on any atom is -0.494 e. The maximum Gasteiger partial charge on any atom is 0.167 e. The van der Waals surface area contributed by atoms with Crippen molar-refractivity contribution in [2.45, 2.75) is 92.2 Å². The van der Waals surface area contributed by atoms with E-state index in [0.29, 0.717) is 50.3 Å². The van der Waals surface area contributed by atoms with Gasteiger partial charge in [-0.05, 0) is 116 Å². The lowest BCUT2D eigenvalue weighted by Gasteiger charge is -2.28. The number of ketones is 2. The molecule has 2 rings (SSSR count). The van der Waals surface area contributed by atoms with Crippen molar-refractivity contribution >= 4 is 11.6 Å². The Morgan fingerprint density at radius 1 is 0.625 bits per heavy atom. The third kappa shape index (κ3) is 12.2. The fourth-order valence-electron chi connectivity index (χ4n) is 4.25. The van der Waals surface area contributed by atoms with Crippen molar-refractivity contribution in [3.8, 4) is 11.5 Å². The van der Waals surface area contributed by atoms with Crippen LogP contribution in [0.4, 0.5) is 0 Å². The van der Waals surface area contributed by atoms with Crippen molar-refractivity contribution < 1.29 is 19.1 Å². The predicted molar refractivity (Wildman–Crippen MR) is 165 cm³/mol. The third-order valence-electron chi connectivity index (χ3n) is 6.59. The van der Waals surface area contributed by atoms with Gasteiger partial charge in [0.25, 0.3) is 0 Å². The van der Waals surface area contributed by atoms with Gasteiger partial charge in [0.15, 0.2) is 11.6 Å². The minimum absolute atomic E-state index is 0.0891. The van der Waals surface area contributed by atoms with Crippen LogP contribution in [-0.2, 0) is 0 Å². The molecule has 40 heavy (non-hydrogen) atoms. The number of carbonyl (C=O) groups excluding carboxylic acids is 2. The highest BCUT2D eigenvalue weighted by atomic mass is 16.5. The average Bonchev–Trinajstić information content (AvgIpc) is 2.91. The number of Topliss-reactive ketones (excluding diaryl/α,β-unsaturated/α-hetero) is 2. The first-order valence-corrected chi connectivity index (χ1v) is 14.9. The van der Waals surface area contributed by atoms with E-state index in [1.807, 2.05) is 48.5 Å². The summed E-state index contributed by atoms with van der Waals surface area (Å²) in [6.07, 6.45) is 3.08. The van der Waals surface area contributed by atoms with Crippen LogP contribution in [0.25, 0.3) is 0 Å². The summed E-state index contributed by atoms with van der Waals surface area (Å²) in [4.78, 5) is 27.4. The van der Waals surface area contributed by atoms with E-state index in [1.165, 1.54) is 0 Å². The van der Waals surface area contributed by atoms with Crippen LogP contribution in [0.1, 0.15) is 102 Å². The second kappa shape index (κ2) is 15.9. The summed E-state index contributed by atoms with van der Waals surface area (Å²) in [5, 5.41) is 7.03. The highest BCUT2D eigenvalue weighted by Crippen LogP contribution is 2.24. The van der Waals surface area contributed by atoms with E-state index >= 15 is 0 Å². The lowest BCUT2D eigenvalue weighted by atomic mass is 9.85. The predicted octanol–water partition coefficient (Wildman–Crippen LogP) is 7.12. The Hall–Kier alpha value is -2.70. The lowest BCUT2D eigenvalue weighted by molar-refractivity contribution is 0.0858. The van der Waals surface area contributed by atoms with Gasteiger partial charge in [0, 0.05) is 47.1 Å². The molecule has 2 aromatic carbocycles. The van der Waals surface area contributed by atoms with Crippen LogP contribution < -0.4 is 20.1 Å². The molecule has 0 heterocycles. The molecule has 0 fully saturated rings. The minimum atomic E-state index is -0.253. The second-order valence-corrected chi connectivity index (χ2v) is 12.7. The summed E-state index contributed by atoms with van der Waals surface area (Å²) in [7, 11) is 0. The Morgan fingerprint density at radius 3 is 1.23 bits per heavy atom. The molecule has 6 heteroatoms. The molecule has 0 aromatic heterocycles. The zero-order valence-corrected chi connectivity index (χ0v) is 26.1. The van der Waals surface area contributed by atoms with Gasteiger partial charge in [-0.2, -0.15) is 0 Å². The van der Waals surface area contributed by atoms with Crippen LogP contribution in [0.5, 0.6) is 11.5 Å². The van der Waals surface area contributed by atoms with E-state index in [-0.39, 0.29) is 34.5 Å². The van der Waals surface area contributed by atoms with E-state index < -0.39 is 0 Å². The first kappa shape index (κ1) is 33.5. The zero-order chi connectivity index (χ0) is 29.8. The number of hydrogen-bond acceptors (Lipinski definition) is 6. The number of carbonyl (C=O) groups is 2. The Kier molecular flexibility index (Phi) is 13.3. The third-order valence-corrected chi connectivity index (χ3v) is 6.59. The standard InChI is InChI=1S/C34H52N2O4/c1-9-21-39-29-17-13-25(14-18-29)31(37)27(23-35-33(3,4)5)11-12-28(24-36-34(6,7)8)32(38)26-15-19-30(20-16-26)40-22-10-2/h13-20,27-28,35-36H,9-12,21-24H2,1-8H3/t27-,28-/m0/s1. The number of benzene rings is 2. The molecule has 0 aliphatic heterocycles. The van der Waals surface area contributed by atoms with Crippen LogP contribution in [-0.4, -0.2) is 48.9 Å². The van der Waals surface area contributed by atoms with E-state index in [9.17, 15) is 9.59 Å². The van der Waals surface area contributed by atoms with Crippen molar-refractivity contribution in [3.63, 3.8) is 0 Å². The van der Waals surface area contributed by atoms with Crippen molar-refractivity contribution in [1.29, 1.82) is 0 Å². The van der Waals surface area contributed by atoms with Gasteiger partial charge >= 0.3 is 0 Å². The first-order chi connectivity index (χ1) is 18.8. The average molecular weight is 553 g/mol. The second-order valence-electron chi connectivity index (χ2n) is 12.7. The normalized spacial score (nSPS) is 13.5. The van der Waals surface area contributed by atoms with Gasteiger partial charge < -0.3 is 20.1 Å². The molecule has 0 saturated carbocycles. The fourth-order valence-corrected chi connectivity index (χ4v) is 4.25. The molecule has 222 valence electrons. The molecule has 0 aliphatic carbocycles. The Bertz CT molecular complexity index is 948. The molecule has 0 aliphatic rings. The van der Waals surface area contributed by atoms with Gasteiger partial charge in [0.1, 0.15) is 11.5 Å². The van der Waals surface area contributed by atoms with Gasteiger partial charge in [-0.1, -0.05) is 13.8 Å². The van der Waals surface area contributed by atoms with Crippen LogP contribution >= 0.6 is 0 Å². The molecule has 2 N–H and O–H groups in total. The number of hydrogen-bond donors (Lipinski definition) is 2. The van der Waals surface area contributed by atoms with E-state index in [1.54, 1.807) is 0 Å². The maximum atomic E-state index is 13.7. The van der Waals surface area contributed by atoms with Gasteiger partial charge in [-0.15, -0.1) is 0 Å². The monoisotopic (exact) mass is 552 g/mol. The van der Waals surface area contributed by atoms with Gasteiger partial charge in [-0.25, -0.2) is 0 Å². The summed E-state index contributed by atoms with van der Waals surface area (Å²) in [6.45, 7) is 19.1. The molecule has 6 nitrogen and oxygen atoms in total. The highest BCUT2D eigenvalue weighted by Gasteiger charge is 2.27. The van der Waals surface area contributed by atoms with Crippen molar-refractivity contribution in [1.82, 2.24) is 10.6 Å². The molecule has 0 spiro atoms. The van der Waals surface area contributed by atoms with Gasteiger partial charge in [-0.3, -0.25) is 9.59 Å². The van der Waals surface area contributed by atoms with Gasteiger partial charge in [0.2, 0.25) is 0 Å². The molecule has 0 unspecified atom stereocenters. The summed E-state index contributed by atoms with van der Waals surface area (Å²) >= 11 is 0. The Labute approximate surface area is 242 Å². The summed E-state index contributed by atoms with van der Waals surface area (Å²) in [5.74, 6) is 1.21. The number of rotatable bonds is 17. The van der Waals surface area contributed by atoms with E-state index in [2.05, 4.69) is 66.0 Å². The molecule has 2 aromatic rings. The largest absolute Gasteiger partial charge is 0.494 e. The summed E-state index contributed by atoms with van der Waals surface area (Å²) in [6, 6.07) is 14.9. The van der Waals surface area contributed by atoms with Crippen molar-refractivity contribution in [2.24, 2.45) is 11.8 Å². The van der Waals surface area contributed by atoms with Crippen LogP contribution in [0, 0.1) is 11.8 Å². The molecule has 0 amide bonds. The Morgan fingerprint density at radius 2 is 0.950 bits per heavy atom. The van der Waals surface area contributed by atoms with Crippen LogP contribution in [0.3, 0.4) is 0 Å².